The van der Waals surface area contributed by atoms with Gasteiger partial charge in [0.2, 0.25) is 0 Å². The maximum atomic E-state index is 5.13. The van der Waals surface area contributed by atoms with E-state index in [0.29, 0.717) is 5.11 Å². The van der Waals surface area contributed by atoms with Gasteiger partial charge in [0, 0.05) is 24.5 Å². The molecule has 98 valence electrons. The topological polar surface area (TPSA) is 49.3 Å². The second-order valence-corrected chi connectivity index (χ2v) is 4.42. The summed E-state index contributed by atoms with van der Waals surface area (Å²) >= 11 is 5.13. The van der Waals surface area contributed by atoms with Crippen molar-refractivity contribution in [3.63, 3.8) is 0 Å². The molecule has 18 heavy (non-hydrogen) atoms. The molecule has 0 saturated heterocycles. The molecule has 1 aromatic rings. The largest absolute Gasteiger partial charge is 0.361 e. The molecule has 0 aliphatic rings. The Morgan fingerprint density at radius 3 is 2.72 bits per heavy atom. The second kappa shape index (κ2) is 8.58. The minimum absolute atomic E-state index is 0.569. The second-order valence-electron chi connectivity index (χ2n) is 4.01. The maximum Gasteiger partial charge on any atom is 0.186 e. The van der Waals surface area contributed by atoms with Gasteiger partial charge in [-0.15, -0.1) is 0 Å². The highest BCUT2D eigenvalue weighted by Crippen LogP contribution is 1.97. The zero-order valence-electron chi connectivity index (χ0n) is 10.9. The number of hydrogen-bond donors (Lipinski definition) is 2. The van der Waals surface area contributed by atoms with Gasteiger partial charge in [-0.25, -0.2) is 0 Å². The first-order valence-electron chi connectivity index (χ1n) is 6.22. The van der Waals surface area contributed by atoms with Crippen LogP contribution in [0, 0.1) is 0 Å². The molecule has 0 unspecified atom stereocenters. The average Bonchev–Trinajstić information content (AvgIpc) is 2.42. The molecule has 0 aliphatic heterocycles. The molecule has 0 aliphatic carbocycles. The first-order valence-corrected chi connectivity index (χ1v) is 6.63. The van der Waals surface area contributed by atoms with Gasteiger partial charge in [-0.05, 0) is 37.7 Å². The number of aromatic nitrogens is 1. The number of nitrogens with zero attached hydrogens (tertiary/aromatic N) is 2. The number of hydrazone groups is 1. The summed E-state index contributed by atoms with van der Waals surface area (Å²) in [4.78, 5) is 3.97. The minimum atomic E-state index is 0.569. The highest BCUT2D eigenvalue weighted by Gasteiger charge is 1.97. The Labute approximate surface area is 114 Å². The highest BCUT2D eigenvalue weighted by molar-refractivity contribution is 7.80. The van der Waals surface area contributed by atoms with E-state index < -0.39 is 0 Å². The van der Waals surface area contributed by atoms with Gasteiger partial charge >= 0.3 is 0 Å². The van der Waals surface area contributed by atoms with Crippen LogP contribution < -0.4 is 10.7 Å². The Morgan fingerprint density at radius 2 is 2.06 bits per heavy atom. The lowest BCUT2D eigenvalue weighted by molar-refractivity contribution is 0.691. The predicted octanol–water partition coefficient (Wildman–Crippen LogP) is 2.46. The quantitative estimate of drug-likeness (QED) is 0.359. The van der Waals surface area contributed by atoms with Crippen LogP contribution in [0.1, 0.15) is 38.7 Å². The van der Waals surface area contributed by atoms with Crippen molar-refractivity contribution >= 4 is 23.0 Å². The molecule has 0 radical (unpaired) electrons. The average molecular weight is 264 g/mol. The van der Waals surface area contributed by atoms with Crippen LogP contribution in [0.25, 0.3) is 0 Å². The first-order chi connectivity index (χ1) is 8.74. The Balaban J connectivity index is 2.32. The monoisotopic (exact) mass is 264 g/mol. The lowest BCUT2D eigenvalue weighted by Gasteiger charge is -2.07. The summed E-state index contributed by atoms with van der Waals surface area (Å²) in [6.07, 6.45) is 7.05. The molecule has 0 aromatic carbocycles. The smallest absolute Gasteiger partial charge is 0.186 e. The zero-order chi connectivity index (χ0) is 13.2. The van der Waals surface area contributed by atoms with Gasteiger partial charge < -0.3 is 5.32 Å². The Morgan fingerprint density at radius 1 is 1.33 bits per heavy atom. The standard InChI is InChI=1S/C13H20N4S/c1-3-4-5-8-15-13(18)17-16-11(2)12-6-9-14-10-7-12/h6-7,9-10H,3-5,8H2,1-2H3,(H2,15,17,18)/b16-11-. The van der Waals surface area contributed by atoms with Crippen LogP contribution in [0.2, 0.25) is 0 Å². The molecule has 5 heteroatoms. The molecule has 0 bridgehead atoms. The van der Waals surface area contributed by atoms with Gasteiger partial charge in [-0.2, -0.15) is 5.10 Å². The Bertz CT molecular complexity index is 389. The third-order valence-electron chi connectivity index (χ3n) is 2.49. The summed E-state index contributed by atoms with van der Waals surface area (Å²) in [5, 5.41) is 7.92. The van der Waals surface area contributed by atoms with Gasteiger partial charge in [0.15, 0.2) is 5.11 Å². The molecule has 0 atom stereocenters. The highest BCUT2D eigenvalue weighted by atomic mass is 32.1. The summed E-state index contributed by atoms with van der Waals surface area (Å²) in [7, 11) is 0. The van der Waals surface area contributed by atoms with Crippen molar-refractivity contribution in [2.45, 2.75) is 33.1 Å². The van der Waals surface area contributed by atoms with Crippen molar-refractivity contribution in [3.8, 4) is 0 Å². The van der Waals surface area contributed by atoms with E-state index in [-0.39, 0.29) is 0 Å². The molecule has 0 saturated carbocycles. The van der Waals surface area contributed by atoms with Gasteiger partial charge in [0.1, 0.15) is 0 Å². The van der Waals surface area contributed by atoms with E-state index in [0.717, 1.165) is 24.2 Å². The van der Waals surface area contributed by atoms with Crippen molar-refractivity contribution in [2.24, 2.45) is 5.10 Å². The fourth-order valence-electron chi connectivity index (χ4n) is 1.41. The van der Waals surface area contributed by atoms with E-state index in [2.05, 4.69) is 27.8 Å². The van der Waals surface area contributed by atoms with E-state index in [1.807, 2.05) is 19.1 Å². The van der Waals surface area contributed by atoms with Crippen molar-refractivity contribution in [1.82, 2.24) is 15.7 Å². The molecule has 1 aromatic heterocycles. The van der Waals surface area contributed by atoms with E-state index in [1.54, 1.807) is 12.4 Å². The molecular formula is C13H20N4S. The van der Waals surface area contributed by atoms with Crippen molar-refractivity contribution in [3.05, 3.63) is 30.1 Å². The van der Waals surface area contributed by atoms with Crippen LogP contribution in [0.3, 0.4) is 0 Å². The lowest BCUT2D eigenvalue weighted by atomic mass is 10.2. The summed E-state index contributed by atoms with van der Waals surface area (Å²) in [6, 6.07) is 3.83. The van der Waals surface area contributed by atoms with Crippen LogP contribution in [-0.2, 0) is 0 Å². The maximum absolute atomic E-state index is 5.13. The number of rotatable bonds is 6. The van der Waals surface area contributed by atoms with E-state index in [1.165, 1.54) is 12.8 Å². The molecule has 1 heterocycles. The molecule has 1 rings (SSSR count). The summed E-state index contributed by atoms with van der Waals surface area (Å²) < 4.78 is 0. The van der Waals surface area contributed by atoms with Crippen LogP contribution in [0.5, 0.6) is 0 Å². The fraction of sp³-hybridized carbons (Fsp3) is 0.462. The molecular weight excluding hydrogens is 244 g/mol. The summed E-state index contributed by atoms with van der Waals surface area (Å²) in [5.74, 6) is 0. The molecule has 4 nitrogen and oxygen atoms in total. The molecule has 2 N–H and O–H groups in total. The lowest BCUT2D eigenvalue weighted by Crippen LogP contribution is -2.33. The van der Waals surface area contributed by atoms with E-state index >= 15 is 0 Å². The normalized spacial score (nSPS) is 11.1. The van der Waals surface area contributed by atoms with Gasteiger partial charge in [-0.1, -0.05) is 19.8 Å². The van der Waals surface area contributed by atoms with E-state index in [4.69, 9.17) is 12.2 Å². The van der Waals surface area contributed by atoms with Gasteiger partial charge in [-0.3, -0.25) is 10.4 Å². The molecule has 0 amide bonds. The van der Waals surface area contributed by atoms with E-state index in [9.17, 15) is 0 Å². The van der Waals surface area contributed by atoms with Crippen LogP contribution in [0.15, 0.2) is 29.6 Å². The predicted molar refractivity (Wildman–Crippen MR) is 79.7 cm³/mol. The Hall–Kier alpha value is -1.49. The van der Waals surface area contributed by atoms with Crippen LogP contribution in [-0.4, -0.2) is 22.4 Å². The number of hydrogen-bond acceptors (Lipinski definition) is 3. The van der Waals surface area contributed by atoms with Crippen molar-refractivity contribution < 1.29 is 0 Å². The number of thiocarbonyl (C=S) groups is 1. The van der Waals surface area contributed by atoms with Crippen LogP contribution >= 0.6 is 12.2 Å². The van der Waals surface area contributed by atoms with Gasteiger partial charge in [0.05, 0.1) is 5.71 Å². The van der Waals surface area contributed by atoms with Gasteiger partial charge in [0.25, 0.3) is 0 Å². The van der Waals surface area contributed by atoms with Crippen molar-refractivity contribution in [1.29, 1.82) is 0 Å². The third-order valence-corrected chi connectivity index (χ3v) is 2.72. The molecule has 0 fully saturated rings. The summed E-state index contributed by atoms with van der Waals surface area (Å²) in [6.45, 7) is 5.00. The third kappa shape index (κ3) is 5.72. The van der Waals surface area contributed by atoms with Crippen LogP contribution in [0.4, 0.5) is 0 Å². The number of unbranched alkanes of at least 4 members (excludes halogenated alkanes) is 2. The number of pyridine rings is 1. The molecule has 0 spiro atoms. The SMILES string of the molecule is CCCCCNC(=S)N/N=C(/C)c1ccncc1. The zero-order valence-corrected chi connectivity index (χ0v) is 11.8. The summed E-state index contributed by atoms with van der Waals surface area (Å²) in [5.41, 5.74) is 4.76. The Kier molecular flexibility index (Phi) is 6.94. The minimum Gasteiger partial charge on any atom is -0.361 e. The number of nitrogens with one attached hydrogen (secondary N) is 2. The first kappa shape index (κ1) is 14.6. The van der Waals surface area contributed by atoms with Crippen molar-refractivity contribution in [2.75, 3.05) is 6.54 Å². The fourth-order valence-corrected chi connectivity index (χ4v) is 1.56.